The Kier molecular flexibility index (Phi) is 7.58. The van der Waals surface area contributed by atoms with E-state index in [1.54, 1.807) is 18.2 Å². The van der Waals surface area contributed by atoms with Gasteiger partial charge in [0.15, 0.2) is 19.4 Å². The van der Waals surface area contributed by atoms with E-state index in [1.807, 2.05) is 30.3 Å². The van der Waals surface area contributed by atoms with Gasteiger partial charge >= 0.3 is 11.9 Å². The highest BCUT2D eigenvalue weighted by Crippen LogP contribution is 2.47. The molecule has 0 bridgehead atoms. The van der Waals surface area contributed by atoms with Gasteiger partial charge in [-0.3, -0.25) is 9.36 Å². The molecule has 11 heteroatoms. The van der Waals surface area contributed by atoms with Crippen LogP contribution >= 0.6 is 0 Å². The average molecular weight is 598 g/mol. The van der Waals surface area contributed by atoms with Gasteiger partial charge in [-0.15, -0.1) is 0 Å². The summed E-state index contributed by atoms with van der Waals surface area (Å²) in [6, 6.07) is 14.5. The van der Waals surface area contributed by atoms with Crippen molar-refractivity contribution < 1.29 is 32.3 Å². The Morgan fingerprint density at radius 2 is 1.70 bits per heavy atom. The molecule has 2 fully saturated rings. The van der Waals surface area contributed by atoms with E-state index in [0.29, 0.717) is 55.2 Å². The van der Waals surface area contributed by atoms with Gasteiger partial charge in [-0.25, -0.2) is 27.2 Å². The summed E-state index contributed by atoms with van der Waals surface area (Å²) in [5.74, 6) is -2.32. The largest absolute Gasteiger partial charge is 0.428 e. The number of cyclic esters (lactones) is 1. The summed E-state index contributed by atoms with van der Waals surface area (Å²) in [7, 11) is 0. The third-order valence-electron chi connectivity index (χ3n) is 10.0. The fourth-order valence-corrected chi connectivity index (χ4v) is 7.84. The molecule has 1 unspecified atom stereocenters. The molecule has 1 saturated carbocycles. The van der Waals surface area contributed by atoms with Crippen molar-refractivity contribution in [1.29, 1.82) is 0 Å². The molecular weight excluding hydrogens is 561 g/mol. The molecule has 4 N–H and O–H groups in total. The first kappa shape index (κ1) is 29.4. The lowest BCUT2D eigenvalue weighted by Crippen LogP contribution is -2.64. The zero-order valence-electron chi connectivity index (χ0n) is 23.8. The van der Waals surface area contributed by atoms with E-state index in [4.69, 9.17) is 16.2 Å². The van der Waals surface area contributed by atoms with Gasteiger partial charge in [0.1, 0.15) is 18.1 Å². The second-order valence-electron chi connectivity index (χ2n) is 12.2. The summed E-state index contributed by atoms with van der Waals surface area (Å²) in [6.45, 7) is -2.80. The van der Waals surface area contributed by atoms with Crippen molar-refractivity contribution in [3.63, 3.8) is 0 Å². The number of nitrogens with two attached hydrogens (primary N) is 2. The van der Waals surface area contributed by atoms with Crippen LogP contribution in [0.25, 0.3) is 10.9 Å². The number of carbonyl (C=O) groups is 3. The van der Waals surface area contributed by atoms with Crippen LogP contribution in [0.2, 0.25) is 0 Å². The number of likely N-dealkylation sites (tertiary alicyclic amines) is 1. The lowest BCUT2D eigenvalue weighted by molar-refractivity contribution is -0.141. The molecule has 2 amide bonds. The van der Waals surface area contributed by atoms with Crippen molar-refractivity contribution in [1.82, 2.24) is 9.05 Å². The van der Waals surface area contributed by atoms with E-state index in [1.165, 1.54) is 10.6 Å². The van der Waals surface area contributed by atoms with Crippen LogP contribution in [-0.2, 0) is 20.1 Å². The number of aromatic nitrogens is 1. The Morgan fingerprint density at radius 1 is 1.00 bits per heavy atom. The number of ether oxygens (including phenoxy) is 1. The minimum atomic E-state index is -2.08. The van der Waals surface area contributed by atoms with Gasteiger partial charge in [-0.2, -0.15) is 0 Å². The lowest BCUT2D eigenvalue weighted by Gasteiger charge is -2.41. The van der Waals surface area contributed by atoms with Crippen LogP contribution in [0.5, 0.6) is 0 Å². The highest BCUT2D eigenvalue weighted by Gasteiger charge is 2.60. The van der Waals surface area contributed by atoms with E-state index in [-0.39, 0.29) is 27.9 Å². The number of carbonyl (C=O) groups excluding carboxylic acids is 3. The number of hydrogen-bond acceptors (Lipinski definition) is 5. The molecule has 3 aromatic rings. The monoisotopic (exact) mass is 597 g/mol. The molecule has 4 atom stereocenters. The Balaban J connectivity index is 1.47. The third kappa shape index (κ3) is 4.47. The van der Waals surface area contributed by atoms with Gasteiger partial charge in [-0.05, 0) is 49.3 Å². The van der Waals surface area contributed by atoms with Crippen LogP contribution in [-0.4, -0.2) is 61.0 Å². The second kappa shape index (κ2) is 11.1. The van der Waals surface area contributed by atoms with Crippen molar-refractivity contribution in [3.8, 4) is 0 Å². The zero-order valence-corrected chi connectivity index (χ0v) is 23.8. The number of esters is 1. The topological polar surface area (TPSA) is 117 Å². The van der Waals surface area contributed by atoms with E-state index in [9.17, 15) is 27.6 Å². The van der Waals surface area contributed by atoms with Crippen molar-refractivity contribution in [2.75, 3.05) is 26.6 Å². The Labute approximate surface area is 247 Å². The molecule has 6 rings (SSSR count). The molecular formula is C32H36F3N4O4+. The zero-order chi connectivity index (χ0) is 30.5. The number of halogens is 3. The number of benzene rings is 2. The maximum atomic E-state index is 14.8. The van der Waals surface area contributed by atoms with Crippen molar-refractivity contribution in [2.45, 2.75) is 55.8 Å². The number of fused-ring (bicyclic) bond motifs is 3. The molecule has 43 heavy (non-hydrogen) atoms. The Morgan fingerprint density at radius 3 is 2.33 bits per heavy atom. The van der Waals surface area contributed by atoms with E-state index >= 15 is 0 Å². The molecule has 0 spiro atoms. The second-order valence-corrected chi connectivity index (χ2v) is 12.2. The normalized spacial score (nSPS) is 28.9. The standard InChI is InChI=1S/C32H35F3N4O4/c33-16-25(36)20-6-8-21(9-7-20)30(41)39(13-12-24(28(39)29(37)40)19-4-2-1-3-5-19)23-10-11-26-22(14-23)15-27-31(42)43-32(17-34,18-35)38(26)27/h1-5,10-11,14-15,20-21,24-25,28H,6-9,12-13,16-18,36H2,(H-,37,40)/p+1/t20?,21?,24-,25-,28+,39?/m1/s1. The quantitative estimate of drug-likeness (QED) is 0.295. The first-order chi connectivity index (χ1) is 20.7. The molecule has 2 aromatic carbocycles. The Hall–Kier alpha value is -3.70. The number of nitrogens with zero attached hydrogens (tertiary/aromatic N) is 2. The van der Waals surface area contributed by atoms with Crippen LogP contribution in [0.4, 0.5) is 18.9 Å². The van der Waals surface area contributed by atoms with Crippen LogP contribution in [0, 0.1) is 11.8 Å². The summed E-state index contributed by atoms with van der Waals surface area (Å²) < 4.78 is 47.5. The van der Waals surface area contributed by atoms with Crippen molar-refractivity contribution >= 4 is 34.4 Å². The van der Waals surface area contributed by atoms with E-state index < -0.39 is 55.6 Å². The predicted octanol–water partition coefficient (Wildman–Crippen LogP) is 4.38. The van der Waals surface area contributed by atoms with Gasteiger partial charge in [-0.1, -0.05) is 30.3 Å². The van der Waals surface area contributed by atoms with Gasteiger partial charge in [0, 0.05) is 30.0 Å². The van der Waals surface area contributed by atoms with Crippen LogP contribution in [0.1, 0.15) is 54.1 Å². The van der Waals surface area contributed by atoms with E-state index in [0.717, 1.165) is 5.56 Å². The molecule has 228 valence electrons. The average Bonchev–Trinajstić information content (AvgIpc) is 3.71. The minimum Gasteiger partial charge on any atom is -0.428 e. The highest BCUT2D eigenvalue weighted by molar-refractivity contribution is 6.02. The number of hydrogen-bond donors (Lipinski definition) is 2. The molecule has 0 radical (unpaired) electrons. The van der Waals surface area contributed by atoms with Gasteiger partial charge in [0.25, 0.3) is 5.91 Å². The van der Waals surface area contributed by atoms with Crippen molar-refractivity contribution in [2.24, 2.45) is 23.3 Å². The molecule has 1 aliphatic carbocycles. The number of primary amides is 1. The van der Waals surface area contributed by atoms with Gasteiger partial charge in [0.2, 0.25) is 5.72 Å². The fraction of sp³-hybridized carbons (Fsp3) is 0.469. The van der Waals surface area contributed by atoms with Crippen molar-refractivity contribution in [3.05, 3.63) is 65.9 Å². The SMILES string of the molecule is NC(=O)[C@@H]1[C@@H](c2ccccc2)CC[N+]1(C(=O)C1CCC([C@H](N)CF)CC1)c1ccc2c(c1)cc1n2C(CF)(CF)OC1=O. The molecule has 8 nitrogen and oxygen atoms in total. The first-order valence-corrected chi connectivity index (χ1v) is 14.8. The maximum Gasteiger partial charge on any atom is 0.357 e. The van der Waals surface area contributed by atoms with Crippen LogP contribution < -0.4 is 16.0 Å². The molecule has 2 aliphatic heterocycles. The maximum absolute atomic E-state index is 14.8. The fourth-order valence-electron chi connectivity index (χ4n) is 7.84. The summed E-state index contributed by atoms with van der Waals surface area (Å²) in [4.78, 5) is 40.7. The number of alkyl halides is 3. The lowest BCUT2D eigenvalue weighted by atomic mass is 9.77. The predicted molar refractivity (Wildman–Crippen MR) is 155 cm³/mol. The smallest absolute Gasteiger partial charge is 0.357 e. The number of quaternary nitrogens is 1. The minimum absolute atomic E-state index is 0.0119. The van der Waals surface area contributed by atoms with Crippen LogP contribution in [0.15, 0.2) is 54.6 Å². The Bertz CT molecular complexity index is 1550. The molecule has 3 heterocycles. The van der Waals surface area contributed by atoms with Gasteiger partial charge in [0.05, 0.1) is 23.9 Å². The van der Waals surface area contributed by atoms with Crippen LogP contribution in [0.3, 0.4) is 0 Å². The number of rotatable bonds is 8. The highest BCUT2D eigenvalue weighted by atomic mass is 19.1. The molecule has 1 aromatic heterocycles. The molecule has 1 saturated heterocycles. The summed E-state index contributed by atoms with van der Waals surface area (Å²) in [6.07, 6.45) is 2.76. The summed E-state index contributed by atoms with van der Waals surface area (Å²) in [5.41, 5.74) is 11.8. The van der Waals surface area contributed by atoms with E-state index in [2.05, 4.69) is 0 Å². The first-order valence-electron chi connectivity index (χ1n) is 14.8. The summed E-state index contributed by atoms with van der Waals surface area (Å²) in [5, 5.41) is 0.490. The summed E-state index contributed by atoms with van der Waals surface area (Å²) >= 11 is 0. The van der Waals surface area contributed by atoms with Gasteiger partial charge < -0.3 is 16.2 Å². The molecule has 3 aliphatic rings. The number of amides is 2. The third-order valence-corrected chi connectivity index (χ3v) is 10.0.